The van der Waals surface area contributed by atoms with Gasteiger partial charge in [0.1, 0.15) is 17.2 Å². The van der Waals surface area contributed by atoms with Crippen molar-refractivity contribution in [2.75, 3.05) is 13.7 Å². The van der Waals surface area contributed by atoms with Crippen molar-refractivity contribution in [2.24, 2.45) is 5.73 Å². The molecule has 0 spiro atoms. The molecule has 3 heterocycles. The van der Waals surface area contributed by atoms with E-state index in [0.717, 1.165) is 0 Å². The van der Waals surface area contributed by atoms with E-state index in [4.69, 9.17) is 22.1 Å². The molecule has 0 aliphatic rings. The predicted molar refractivity (Wildman–Crippen MR) is 105 cm³/mol. The highest BCUT2D eigenvalue weighted by Crippen LogP contribution is 2.32. The second-order valence-corrected chi connectivity index (χ2v) is 6.66. The van der Waals surface area contributed by atoms with Crippen LogP contribution < -0.4 is 5.73 Å². The summed E-state index contributed by atoms with van der Waals surface area (Å²) in [6.45, 7) is 0.965. The summed E-state index contributed by atoms with van der Waals surface area (Å²) in [5, 5.41) is 4.53. The summed E-state index contributed by atoms with van der Waals surface area (Å²) in [5.74, 6) is -1.15. The van der Waals surface area contributed by atoms with Gasteiger partial charge in [0.25, 0.3) is 5.91 Å². The number of rotatable bonds is 6. The number of amides is 1. The third-order valence-corrected chi connectivity index (χ3v) is 4.71. The van der Waals surface area contributed by atoms with Crippen molar-refractivity contribution in [3.63, 3.8) is 0 Å². The van der Waals surface area contributed by atoms with Crippen molar-refractivity contribution in [1.29, 1.82) is 0 Å². The van der Waals surface area contributed by atoms with Gasteiger partial charge in [-0.2, -0.15) is 5.10 Å². The zero-order valence-corrected chi connectivity index (χ0v) is 16.1. The Bertz CT molecular complexity index is 1220. The summed E-state index contributed by atoms with van der Waals surface area (Å²) < 4.78 is 22.1. The van der Waals surface area contributed by atoms with Crippen LogP contribution in [-0.2, 0) is 11.3 Å². The number of primary amides is 1. The Morgan fingerprint density at radius 2 is 2.10 bits per heavy atom. The van der Waals surface area contributed by atoms with Crippen LogP contribution in [0, 0.1) is 5.82 Å². The zero-order valence-electron chi connectivity index (χ0n) is 15.3. The normalized spacial score (nSPS) is 11.3. The maximum absolute atomic E-state index is 13.6. The highest BCUT2D eigenvalue weighted by molar-refractivity contribution is 6.31. The molecule has 29 heavy (non-hydrogen) atoms. The number of hydrogen-bond donors (Lipinski definition) is 1. The van der Waals surface area contributed by atoms with Gasteiger partial charge in [-0.25, -0.2) is 18.9 Å². The van der Waals surface area contributed by atoms with E-state index in [2.05, 4.69) is 15.1 Å². The second-order valence-electron chi connectivity index (χ2n) is 6.25. The summed E-state index contributed by atoms with van der Waals surface area (Å²) in [5.41, 5.74) is 8.45. The van der Waals surface area contributed by atoms with Crippen molar-refractivity contribution >= 4 is 23.2 Å². The van der Waals surface area contributed by atoms with Crippen molar-refractivity contribution in [2.45, 2.75) is 6.54 Å². The Labute approximate surface area is 169 Å². The van der Waals surface area contributed by atoms with Crippen molar-refractivity contribution in [3.8, 4) is 22.6 Å². The average molecular weight is 415 g/mol. The summed E-state index contributed by atoms with van der Waals surface area (Å²) >= 11 is 5.96. The monoisotopic (exact) mass is 414 g/mol. The summed E-state index contributed by atoms with van der Waals surface area (Å²) in [4.78, 5) is 20.3. The zero-order chi connectivity index (χ0) is 20.5. The maximum atomic E-state index is 13.6. The quantitative estimate of drug-likeness (QED) is 0.523. The van der Waals surface area contributed by atoms with Crippen LogP contribution in [-0.4, -0.2) is 43.8 Å². The van der Waals surface area contributed by atoms with Gasteiger partial charge in [0.15, 0.2) is 5.65 Å². The number of imidazole rings is 2. The molecular weight excluding hydrogens is 399 g/mol. The lowest BCUT2D eigenvalue weighted by molar-refractivity contribution is 0.0993. The summed E-state index contributed by atoms with van der Waals surface area (Å²) in [7, 11) is 1.60. The number of benzene rings is 1. The van der Waals surface area contributed by atoms with Crippen molar-refractivity contribution in [1.82, 2.24) is 24.1 Å². The van der Waals surface area contributed by atoms with Gasteiger partial charge in [-0.3, -0.25) is 4.79 Å². The fraction of sp³-hybridized carbons (Fsp3) is 0.158. The molecule has 2 N–H and O–H groups in total. The molecule has 0 radical (unpaired) electrons. The van der Waals surface area contributed by atoms with Crippen molar-refractivity contribution in [3.05, 3.63) is 59.4 Å². The molecule has 0 atom stereocenters. The second kappa shape index (κ2) is 7.61. The Hall–Kier alpha value is -3.30. The molecule has 0 bridgehead atoms. The molecule has 10 heteroatoms. The fourth-order valence-corrected chi connectivity index (χ4v) is 3.21. The Morgan fingerprint density at radius 3 is 2.83 bits per heavy atom. The van der Waals surface area contributed by atoms with Gasteiger partial charge in [0.2, 0.25) is 0 Å². The Kier molecular flexibility index (Phi) is 4.99. The molecule has 1 aromatic carbocycles. The number of carbonyl (C=O) groups excluding carboxylic acids is 1. The van der Waals surface area contributed by atoms with Crippen LogP contribution >= 0.6 is 11.6 Å². The van der Waals surface area contributed by atoms with Gasteiger partial charge in [0.05, 0.1) is 35.5 Å². The van der Waals surface area contributed by atoms with Gasteiger partial charge < -0.3 is 15.0 Å². The minimum atomic E-state index is -0.638. The van der Waals surface area contributed by atoms with E-state index in [-0.39, 0.29) is 10.7 Å². The van der Waals surface area contributed by atoms with Crippen LogP contribution in [0.4, 0.5) is 4.39 Å². The first kappa shape index (κ1) is 19.0. The molecule has 4 rings (SSSR count). The lowest BCUT2D eigenvalue weighted by Crippen LogP contribution is -2.15. The molecule has 0 aliphatic carbocycles. The first-order valence-electron chi connectivity index (χ1n) is 8.64. The first-order chi connectivity index (χ1) is 14.0. The van der Waals surface area contributed by atoms with E-state index in [1.54, 1.807) is 31.6 Å². The lowest BCUT2D eigenvalue weighted by atomic mass is 10.1. The number of aromatic nitrogens is 5. The molecule has 148 valence electrons. The standard InChI is InChI=1S/C19H16ClFN6O2/c1-29-7-6-26-10-24-17(11-2-3-13(21)12(20)8-11)18(26)14-4-5-16-23-9-15(19(22)28)27(16)25-14/h2-5,8-10H,6-7H2,1H3,(H2,22,28). The highest BCUT2D eigenvalue weighted by atomic mass is 35.5. The van der Waals surface area contributed by atoms with E-state index < -0.39 is 11.7 Å². The predicted octanol–water partition coefficient (Wildman–Crippen LogP) is 2.80. The van der Waals surface area contributed by atoms with Gasteiger partial charge in [0, 0.05) is 19.2 Å². The van der Waals surface area contributed by atoms with Gasteiger partial charge in [-0.15, -0.1) is 0 Å². The molecule has 0 aliphatic heterocycles. The minimum absolute atomic E-state index is 0.00562. The highest BCUT2D eigenvalue weighted by Gasteiger charge is 2.19. The molecule has 0 fully saturated rings. The maximum Gasteiger partial charge on any atom is 0.269 e. The van der Waals surface area contributed by atoms with Gasteiger partial charge in [-0.1, -0.05) is 11.6 Å². The lowest BCUT2D eigenvalue weighted by Gasteiger charge is -2.10. The number of fused-ring (bicyclic) bond motifs is 1. The molecule has 4 aromatic rings. The van der Waals surface area contributed by atoms with E-state index in [1.807, 2.05) is 4.57 Å². The summed E-state index contributed by atoms with van der Waals surface area (Å²) in [6, 6.07) is 7.88. The fourth-order valence-electron chi connectivity index (χ4n) is 3.03. The van der Waals surface area contributed by atoms with E-state index in [0.29, 0.717) is 41.4 Å². The van der Waals surface area contributed by atoms with Crippen LogP contribution in [0.2, 0.25) is 5.02 Å². The van der Waals surface area contributed by atoms with Crippen molar-refractivity contribution < 1.29 is 13.9 Å². The number of hydrogen-bond acceptors (Lipinski definition) is 5. The number of methoxy groups -OCH3 is 1. The smallest absolute Gasteiger partial charge is 0.269 e. The SMILES string of the molecule is COCCn1cnc(-c2ccc(F)c(Cl)c2)c1-c1ccc2ncc(C(N)=O)n2n1. The summed E-state index contributed by atoms with van der Waals surface area (Å²) in [6.07, 6.45) is 3.02. The molecule has 3 aromatic heterocycles. The van der Waals surface area contributed by atoms with E-state index in [9.17, 15) is 9.18 Å². The van der Waals surface area contributed by atoms with E-state index >= 15 is 0 Å². The van der Waals surface area contributed by atoms with Gasteiger partial charge in [-0.05, 0) is 30.3 Å². The number of nitrogens with zero attached hydrogens (tertiary/aromatic N) is 5. The Morgan fingerprint density at radius 1 is 1.28 bits per heavy atom. The molecule has 0 saturated heterocycles. The Balaban J connectivity index is 1.92. The molecule has 8 nitrogen and oxygen atoms in total. The molecule has 1 amide bonds. The largest absolute Gasteiger partial charge is 0.383 e. The number of carbonyl (C=O) groups is 1. The third-order valence-electron chi connectivity index (χ3n) is 4.42. The molecule has 0 saturated carbocycles. The van der Waals surface area contributed by atoms with Gasteiger partial charge >= 0.3 is 0 Å². The van der Waals surface area contributed by atoms with E-state index in [1.165, 1.54) is 22.8 Å². The third kappa shape index (κ3) is 3.45. The molecule has 0 unspecified atom stereocenters. The topological polar surface area (TPSA) is 100 Å². The average Bonchev–Trinajstić information content (AvgIpc) is 3.32. The van der Waals surface area contributed by atoms with Crippen LogP contribution in [0.1, 0.15) is 10.5 Å². The number of ether oxygens (including phenoxy) is 1. The number of nitrogens with two attached hydrogens (primary N) is 1. The molecular formula is C19H16ClFN6O2. The van der Waals surface area contributed by atoms with Crippen LogP contribution in [0.25, 0.3) is 28.3 Å². The van der Waals surface area contributed by atoms with Crippen LogP contribution in [0.3, 0.4) is 0 Å². The first-order valence-corrected chi connectivity index (χ1v) is 9.02. The number of halogens is 2. The minimum Gasteiger partial charge on any atom is -0.383 e. The van der Waals surface area contributed by atoms with Crippen LogP contribution in [0.15, 0.2) is 42.9 Å². The van der Waals surface area contributed by atoms with Crippen LogP contribution in [0.5, 0.6) is 0 Å².